The van der Waals surface area contributed by atoms with Crippen LogP contribution >= 0.6 is 11.8 Å². The molecule has 1 fully saturated rings. The highest BCUT2D eigenvalue weighted by atomic mass is 32.2. The van der Waals surface area contributed by atoms with Crippen molar-refractivity contribution in [3.05, 3.63) is 53.5 Å². The molecule has 1 aliphatic heterocycles. The van der Waals surface area contributed by atoms with Crippen molar-refractivity contribution in [2.75, 3.05) is 5.32 Å². The van der Waals surface area contributed by atoms with Gasteiger partial charge in [0.2, 0.25) is 11.8 Å². The monoisotopic (exact) mass is 370 g/mol. The SMILES string of the molecule is Cc1ccc(NC(=O)[C@H]2CC(=O)NC(=N/N=C/c3ccco3)S2)cc1C. The van der Waals surface area contributed by atoms with E-state index in [1.165, 1.54) is 24.2 Å². The Morgan fingerprint density at radius 3 is 2.92 bits per heavy atom. The summed E-state index contributed by atoms with van der Waals surface area (Å²) in [6.07, 6.45) is 3.04. The zero-order valence-corrected chi connectivity index (χ0v) is 15.2. The predicted octanol–water partition coefficient (Wildman–Crippen LogP) is 2.85. The largest absolute Gasteiger partial charge is 0.463 e. The molecule has 2 heterocycles. The number of rotatable bonds is 4. The number of amidine groups is 1. The number of carbonyl (C=O) groups excluding carboxylic acids is 2. The van der Waals surface area contributed by atoms with Crippen molar-refractivity contribution in [3.63, 3.8) is 0 Å². The highest BCUT2D eigenvalue weighted by molar-refractivity contribution is 8.15. The second kappa shape index (κ2) is 8.01. The number of furan rings is 1. The number of anilines is 1. The van der Waals surface area contributed by atoms with Gasteiger partial charge in [0.1, 0.15) is 11.0 Å². The summed E-state index contributed by atoms with van der Waals surface area (Å²) in [6, 6.07) is 9.16. The first kappa shape index (κ1) is 17.9. The van der Waals surface area contributed by atoms with Gasteiger partial charge in [-0.3, -0.25) is 9.59 Å². The van der Waals surface area contributed by atoms with Crippen molar-refractivity contribution in [2.45, 2.75) is 25.5 Å². The Kier molecular flexibility index (Phi) is 5.52. The Morgan fingerprint density at radius 2 is 2.19 bits per heavy atom. The van der Waals surface area contributed by atoms with Crippen molar-refractivity contribution in [1.29, 1.82) is 0 Å². The zero-order valence-electron chi connectivity index (χ0n) is 14.4. The lowest BCUT2D eigenvalue weighted by molar-refractivity contribution is -0.123. The van der Waals surface area contributed by atoms with E-state index in [9.17, 15) is 9.59 Å². The average molecular weight is 370 g/mol. The number of hydrogen-bond donors (Lipinski definition) is 2. The molecule has 0 aliphatic carbocycles. The number of aryl methyl sites for hydroxylation is 2. The van der Waals surface area contributed by atoms with Crippen LogP contribution < -0.4 is 10.6 Å². The molecule has 0 bridgehead atoms. The second-order valence-electron chi connectivity index (χ2n) is 5.81. The number of nitrogens with zero attached hydrogens (tertiary/aromatic N) is 2. The van der Waals surface area contributed by atoms with E-state index in [4.69, 9.17) is 4.42 Å². The molecule has 1 saturated heterocycles. The van der Waals surface area contributed by atoms with E-state index >= 15 is 0 Å². The Hall–Kier alpha value is -2.87. The van der Waals surface area contributed by atoms with Crippen molar-refractivity contribution in [2.24, 2.45) is 10.2 Å². The maximum atomic E-state index is 12.5. The molecule has 1 aliphatic rings. The van der Waals surface area contributed by atoms with Crippen LogP contribution in [0.25, 0.3) is 0 Å². The second-order valence-corrected chi connectivity index (χ2v) is 7.00. The van der Waals surface area contributed by atoms with Gasteiger partial charge < -0.3 is 15.1 Å². The van der Waals surface area contributed by atoms with Gasteiger partial charge in [-0.15, -0.1) is 5.10 Å². The highest BCUT2D eigenvalue weighted by Crippen LogP contribution is 2.23. The normalized spacial score (nSPS) is 18.9. The third kappa shape index (κ3) is 4.60. The van der Waals surface area contributed by atoms with Crippen LogP contribution in [0.1, 0.15) is 23.3 Å². The number of amides is 2. The quantitative estimate of drug-likeness (QED) is 0.639. The van der Waals surface area contributed by atoms with Crippen LogP contribution in [-0.4, -0.2) is 28.4 Å². The van der Waals surface area contributed by atoms with Crippen molar-refractivity contribution in [1.82, 2.24) is 5.32 Å². The fourth-order valence-corrected chi connectivity index (χ4v) is 3.22. The van der Waals surface area contributed by atoms with Crippen LogP contribution in [-0.2, 0) is 9.59 Å². The molecule has 1 atom stereocenters. The first-order chi connectivity index (χ1) is 12.5. The number of hydrogen-bond acceptors (Lipinski definition) is 6. The molecule has 1 aromatic heterocycles. The minimum Gasteiger partial charge on any atom is -0.463 e. The number of carbonyl (C=O) groups is 2. The lowest BCUT2D eigenvalue weighted by Crippen LogP contribution is -2.41. The van der Waals surface area contributed by atoms with E-state index in [1.807, 2.05) is 32.0 Å². The van der Waals surface area contributed by atoms with E-state index in [0.717, 1.165) is 11.1 Å². The molecule has 134 valence electrons. The Labute approximate surface area is 155 Å². The molecule has 2 amide bonds. The molecule has 1 aromatic carbocycles. The van der Waals surface area contributed by atoms with Crippen LogP contribution in [0.15, 0.2) is 51.2 Å². The molecule has 0 unspecified atom stereocenters. The van der Waals surface area contributed by atoms with Gasteiger partial charge in [-0.2, -0.15) is 5.10 Å². The summed E-state index contributed by atoms with van der Waals surface area (Å²) in [4.78, 5) is 24.4. The van der Waals surface area contributed by atoms with Gasteiger partial charge in [-0.25, -0.2) is 0 Å². The summed E-state index contributed by atoms with van der Waals surface area (Å²) in [6.45, 7) is 3.99. The van der Waals surface area contributed by atoms with Crippen LogP contribution in [0.3, 0.4) is 0 Å². The standard InChI is InChI=1S/C18H18N4O3S/c1-11-5-6-13(8-12(11)2)20-17(24)15-9-16(23)21-18(26-15)22-19-10-14-4-3-7-25-14/h3-8,10,15H,9H2,1-2H3,(H,20,24)(H,21,22,23)/b19-10+/t15-/m1/s1. The molecule has 3 rings (SSSR count). The fraction of sp³-hybridized carbons (Fsp3) is 0.222. The summed E-state index contributed by atoms with van der Waals surface area (Å²) < 4.78 is 5.11. The molecule has 26 heavy (non-hydrogen) atoms. The van der Waals surface area contributed by atoms with E-state index < -0.39 is 5.25 Å². The third-order valence-corrected chi connectivity index (χ3v) is 4.89. The summed E-state index contributed by atoms with van der Waals surface area (Å²) >= 11 is 1.17. The molecular formula is C18H18N4O3S. The van der Waals surface area contributed by atoms with Crippen molar-refractivity contribution in [3.8, 4) is 0 Å². The molecule has 8 heteroatoms. The number of thioether (sulfide) groups is 1. The summed E-state index contributed by atoms with van der Waals surface area (Å²) in [5.74, 6) is 0.0391. The average Bonchev–Trinajstić information content (AvgIpc) is 3.11. The number of nitrogens with one attached hydrogen (secondary N) is 2. The van der Waals surface area contributed by atoms with Crippen LogP contribution in [0, 0.1) is 13.8 Å². The topological polar surface area (TPSA) is 96.1 Å². The lowest BCUT2D eigenvalue weighted by Gasteiger charge is -2.21. The zero-order chi connectivity index (χ0) is 18.5. The molecule has 0 saturated carbocycles. The highest BCUT2D eigenvalue weighted by Gasteiger charge is 2.30. The van der Waals surface area contributed by atoms with Gasteiger partial charge in [0.15, 0.2) is 5.17 Å². The lowest BCUT2D eigenvalue weighted by atomic mass is 10.1. The molecule has 0 radical (unpaired) electrons. The Balaban J connectivity index is 1.66. The van der Waals surface area contributed by atoms with Crippen LogP contribution in [0.5, 0.6) is 0 Å². The minimum absolute atomic E-state index is 0.0856. The third-order valence-electron chi connectivity index (χ3n) is 3.81. The summed E-state index contributed by atoms with van der Waals surface area (Å²) in [7, 11) is 0. The summed E-state index contributed by atoms with van der Waals surface area (Å²) in [5, 5.41) is 13.0. The van der Waals surface area contributed by atoms with Crippen molar-refractivity contribution < 1.29 is 14.0 Å². The van der Waals surface area contributed by atoms with E-state index in [2.05, 4.69) is 20.8 Å². The fourth-order valence-electron chi connectivity index (χ4n) is 2.28. The maximum absolute atomic E-state index is 12.5. The van der Waals surface area contributed by atoms with Gasteiger partial charge in [-0.1, -0.05) is 17.8 Å². The Morgan fingerprint density at radius 1 is 1.35 bits per heavy atom. The minimum atomic E-state index is -0.567. The molecule has 7 nitrogen and oxygen atoms in total. The molecule has 0 spiro atoms. The van der Waals surface area contributed by atoms with Crippen molar-refractivity contribution >= 4 is 40.6 Å². The number of benzene rings is 1. The predicted molar refractivity (Wildman–Crippen MR) is 102 cm³/mol. The maximum Gasteiger partial charge on any atom is 0.238 e. The molecule has 2 aromatic rings. The summed E-state index contributed by atoms with van der Waals surface area (Å²) in [5.41, 5.74) is 2.95. The van der Waals surface area contributed by atoms with Gasteiger partial charge in [-0.05, 0) is 49.2 Å². The van der Waals surface area contributed by atoms with E-state index in [1.54, 1.807) is 12.1 Å². The van der Waals surface area contributed by atoms with Crippen LogP contribution in [0.2, 0.25) is 0 Å². The van der Waals surface area contributed by atoms with Gasteiger partial charge in [0.05, 0.1) is 12.5 Å². The van der Waals surface area contributed by atoms with Crippen LogP contribution in [0.4, 0.5) is 5.69 Å². The van der Waals surface area contributed by atoms with Gasteiger partial charge in [0, 0.05) is 12.1 Å². The van der Waals surface area contributed by atoms with Gasteiger partial charge >= 0.3 is 0 Å². The first-order valence-corrected chi connectivity index (χ1v) is 8.88. The van der Waals surface area contributed by atoms with Gasteiger partial charge in [0.25, 0.3) is 0 Å². The molecular weight excluding hydrogens is 352 g/mol. The Bertz CT molecular complexity index is 875. The first-order valence-electron chi connectivity index (χ1n) is 8.00. The molecule has 2 N–H and O–H groups in total. The van der Waals surface area contributed by atoms with E-state index in [-0.39, 0.29) is 23.4 Å². The van der Waals surface area contributed by atoms with E-state index in [0.29, 0.717) is 11.4 Å². The smallest absolute Gasteiger partial charge is 0.238 e.